The summed E-state index contributed by atoms with van der Waals surface area (Å²) in [5.74, 6) is -2.64. The Morgan fingerprint density at radius 1 is 1.10 bits per heavy atom. The molecular formula is C27H25ClF4N4O3S. The topological polar surface area (TPSA) is 78.7 Å². The van der Waals surface area contributed by atoms with Gasteiger partial charge in [-0.25, -0.2) is 17.5 Å². The maximum Gasteiger partial charge on any atom is 0.418 e. The highest BCUT2D eigenvalue weighted by molar-refractivity contribution is 7.88. The van der Waals surface area contributed by atoms with Crippen molar-refractivity contribution in [3.63, 3.8) is 0 Å². The summed E-state index contributed by atoms with van der Waals surface area (Å²) in [7, 11) is -3.40. The molecule has 0 amide bonds. The van der Waals surface area contributed by atoms with Crippen LogP contribution in [0.3, 0.4) is 0 Å². The molecule has 1 fully saturated rings. The number of rotatable bonds is 5. The minimum atomic E-state index is -4.93. The second kappa shape index (κ2) is 10.2. The van der Waals surface area contributed by atoms with Gasteiger partial charge in [-0.2, -0.15) is 22.6 Å². The molecular weight excluding hydrogens is 572 g/mol. The van der Waals surface area contributed by atoms with E-state index in [-0.39, 0.29) is 19.1 Å². The minimum Gasteiger partial charge on any atom is -0.504 e. The number of aromatic hydroxyl groups is 1. The third kappa shape index (κ3) is 5.23. The van der Waals surface area contributed by atoms with Crippen molar-refractivity contribution in [2.45, 2.75) is 25.6 Å². The maximum absolute atomic E-state index is 15.0. The third-order valence-electron chi connectivity index (χ3n) is 7.10. The lowest BCUT2D eigenvalue weighted by Gasteiger charge is -2.42. The lowest BCUT2D eigenvalue weighted by atomic mass is 10.0. The summed E-state index contributed by atoms with van der Waals surface area (Å²) in [5.41, 5.74) is 0.575. The highest BCUT2D eigenvalue weighted by Crippen LogP contribution is 2.43. The second-order valence-electron chi connectivity index (χ2n) is 9.77. The van der Waals surface area contributed by atoms with Crippen molar-refractivity contribution in [3.05, 3.63) is 82.3 Å². The largest absolute Gasteiger partial charge is 0.504 e. The molecule has 0 spiro atoms. The zero-order chi connectivity index (χ0) is 29.0. The number of hydrogen-bond acceptors (Lipinski definition) is 5. The fraction of sp³-hybridized carbons (Fsp3) is 0.296. The van der Waals surface area contributed by atoms with Gasteiger partial charge in [-0.15, -0.1) is 0 Å². The summed E-state index contributed by atoms with van der Waals surface area (Å²) in [6.07, 6.45) is -3.16. The van der Waals surface area contributed by atoms with Gasteiger partial charge in [-0.3, -0.25) is 0 Å². The van der Waals surface area contributed by atoms with Crippen LogP contribution in [0.1, 0.15) is 16.8 Å². The first kappa shape index (κ1) is 28.2. The Hall–Kier alpha value is -3.35. The lowest BCUT2D eigenvalue weighted by molar-refractivity contribution is -0.137. The van der Waals surface area contributed by atoms with E-state index in [1.54, 1.807) is 25.1 Å². The molecule has 1 saturated heterocycles. The number of halogens is 5. The summed E-state index contributed by atoms with van der Waals surface area (Å²) in [5, 5.41) is 13.7. The Labute approximate surface area is 233 Å². The zero-order valence-corrected chi connectivity index (χ0v) is 23.0. The average Bonchev–Trinajstić information content (AvgIpc) is 3.22. The van der Waals surface area contributed by atoms with Gasteiger partial charge < -0.3 is 10.0 Å². The van der Waals surface area contributed by atoms with E-state index in [4.69, 9.17) is 11.6 Å². The average molecular weight is 597 g/mol. The lowest BCUT2D eigenvalue weighted by Crippen LogP contribution is -2.55. The Morgan fingerprint density at radius 3 is 2.45 bits per heavy atom. The number of sulfonamides is 1. The van der Waals surface area contributed by atoms with Crippen molar-refractivity contribution in [1.29, 1.82) is 0 Å². The number of hydrogen-bond donors (Lipinski definition) is 1. The molecule has 212 valence electrons. The molecule has 1 aromatic heterocycles. The molecule has 40 heavy (non-hydrogen) atoms. The number of aryl methyl sites for hydroxylation is 1. The number of phenolic OH excluding ortho intramolecular Hbond substituents is 1. The molecule has 0 aliphatic carbocycles. The number of nitrogens with zero attached hydrogens (tertiary/aromatic N) is 4. The summed E-state index contributed by atoms with van der Waals surface area (Å²) >= 11 is 5.60. The molecule has 1 aliphatic heterocycles. The van der Waals surface area contributed by atoms with Crippen molar-refractivity contribution in [3.8, 4) is 11.4 Å². The molecule has 3 aromatic carbocycles. The van der Waals surface area contributed by atoms with Crippen molar-refractivity contribution < 1.29 is 31.1 Å². The second-order valence-corrected chi connectivity index (χ2v) is 12.1. The van der Waals surface area contributed by atoms with E-state index >= 15 is 0 Å². The number of anilines is 1. The monoisotopic (exact) mass is 596 g/mol. The van der Waals surface area contributed by atoms with Crippen LogP contribution in [0.15, 0.2) is 54.6 Å². The molecule has 1 aliphatic rings. The number of phenols is 1. The van der Waals surface area contributed by atoms with Crippen molar-refractivity contribution >= 4 is 38.2 Å². The van der Waals surface area contributed by atoms with Crippen LogP contribution in [0, 0.1) is 12.7 Å². The quantitative estimate of drug-likeness (QED) is 0.306. The predicted octanol–water partition coefficient (Wildman–Crippen LogP) is 5.54. The van der Waals surface area contributed by atoms with Gasteiger partial charge >= 0.3 is 6.18 Å². The standard InChI is InChI=1S/C27H25ClF4N4O3S/c1-16-20-13-18(35-11-10-34(40(2,38)39)15-19(35)12-17-6-4-3-5-7-17)8-9-22(20)36(33-16)23-14-21(27(30,31)32)24(28)26(37)25(23)29/h3-9,13-14,19,37H,10-12,15H2,1-2H3/t19-/m1/s1. The van der Waals surface area contributed by atoms with E-state index in [2.05, 4.69) is 10.00 Å². The van der Waals surface area contributed by atoms with E-state index < -0.39 is 44.0 Å². The first-order chi connectivity index (χ1) is 18.8. The fourth-order valence-corrected chi connectivity index (χ4v) is 6.22. The van der Waals surface area contributed by atoms with Crippen molar-refractivity contribution in [2.24, 2.45) is 0 Å². The molecule has 0 saturated carbocycles. The molecule has 1 N–H and O–H groups in total. The van der Waals surface area contributed by atoms with Crippen LogP contribution in [0.25, 0.3) is 16.6 Å². The summed E-state index contributed by atoms with van der Waals surface area (Å²) in [6, 6.07) is 15.2. The smallest absolute Gasteiger partial charge is 0.418 e. The fourth-order valence-electron chi connectivity index (χ4n) is 5.12. The van der Waals surface area contributed by atoms with Gasteiger partial charge in [0.25, 0.3) is 0 Å². The van der Waals surface area contributed by atoms with Crippen LogP contribution in [0.2, 0.25) is 5.02 Å². The van der Waals surface area contributed by atoms with E-state index in [1.165, 1.54) is 10.6 Å². The number of fused-ring (bicyclic) bond motifs is 1. The summed E-state index contributed by atoms with van der Waals surface area (Å²) in [4.78, 5) is 2.10. The van der Waals surface area contributed by atoms with Gasteiger partial charge in [0.1, 0.15) is 5.69 Å². The highest BCUT2D eigenvalue weighted by Gasteiger charge is 2.37. The van der Waals surface area contributed by atoms with E-state index in [1.807, 2.05) is 30.3 Å². The molecule has 2 heterocycles. The minimum absolute atomic E-state index is 0.196. The van der Waals surface area contributed by atoms with E-state index in [0.29, 0.717) is 35.6 Å². The molecule has 0 radical (unpaired) electrons. The highest BCUT2D eigenvalue weighted by atomic mass is 35.5. The number of benzene rings is 3. The van der Waals surface area contributed by atoms with Crippen molar-refractivity contribution in [2.75, 3.05) is 30.8 Å². The first-order valence-corrected chi connectivity index (χ1v) is 14.5. The molecule has 0 bridgehead atoms. The van der Waals surface area contributed by atoms with Crippen molar-refractivity contribution in [1.82, 2.24) is 14.1 Å². The van der Waals surface area contributed by atoms with Crippen LogP contribution < -0.4 is 4.90 Å². The number of piperazine rings is 1. The maximum atomic E-state index is 15.0. The normalized spacial score (nSPS) is 17.1. The van der Waals surface area contributed by atoms with Gasteiger partial charge in [0.15, 0.2) is 11.6 Å². The van der Waals surface area contributed by atoms with Crippen LogP contribution in [-0.2, 0) is 22.6 Å². The molecule has 13 heteroatoms. The molecule has 7 nitrogen and oxygen atoms in total. The predicted molar refractivity (Wildman–Crippen MR) is 145 cm³/mol. The molecule has 4 aromatic rings. The van der Waals surface area contributed by atoms with Gasteiger partial charge in [-0.05, 0) is 43.2 Å². The van der Waals surface area contributed by atoms with Gasteiger partial charge in [0.05, 0.1) is 28.1 Å². The molecule has 0 unspecified atom stereocenters. The zero-order valence-electron chi connectivity index (χ0n) is 21.5. The van der Waals surface area contributed by atoms with Gasteiger partial charge in [0.2, 0.25) is 10.0 Å². The van der Waals surface area contributed by atoms with Gasteiger partial charge in [0, 0.05) is 36.7 Å². The Bertz CT molecular complexity index is 1690. The summed E-state index contributed by atoms with van der Waals surface area (Å²) in [6.45, 7) is 2.62. The van der Waals surface area contributed by atoms with Crippen LogP contribution in [0.4, 0.5) is 23.2 Å². The number of aromatic nitrogens is 2. The third-order valence-corrected chi connectivity index (χ3v) is 8.75. The van der Waals surface area contributed by atoms with E-state index in [0.717, 1.165) is 15.9 Å². The van der Waals surface area contributed by atoms with Crippen LogP contribution in [0.5, 0.6) is 5.75 Å². The van der Waals surface area contributed by atoms with Crippen LogP contribution in [-0.4, -0.2) is 59.5 Å². The van der Waals surface area contributed by atoms with Crippen LogP contribution >= 0.6 is 11.6 Å². The first-order valence-electron chi connectivity index (χ1n) is 12.3. The molecule has 5 rings (SSSR count). The Morgan fingerprint density at radius 2 is 1.80 bits per heavy atom. The summed E-state index contributed by atoms with van der Waals surface area (Å²) < 4.78 is 82.7. The van der Waals surface area contributed by atoms with Gasteiger partial charge in [-0.1, -0.05) is 41.9 Å². The number of alkyl halides is 3. The van der Waals surface area contributed by atoms with E-state index in [9.17, 15) is 31.1 Å². The Balaban J connectivity index is 1.57. The molecule has 1 atom stereocenters. The Kier molecular flexibility index (Phi) is 7.22. The SMILES string of the molecule is Cc1nn(-c2cc(C(F)(F)F)c(Cl)c(O)c2F)c2ccc(N3CCN(S(C)(=O)=O)C[C@H]3Cc3ccccc3)cc12.